The lowest BCUT2D eigenvalue weighted by molar-refractivity contribution is 0.0638. The highest BCUT2D eigenvalue weighted by Crippen LogP contribution is 2.00. The first-order valence-corrected chi connectivity index (χ1v) is 5.57. The average Bonchev–Trinajstić information content (AvgIpc) is 2.18. The first kappa shape index (κ1) is 13.5. The van der Waals surface area contributed by atoms with Crippen LogP contribution in [0.1, 0.15) is 39.5 Å². The summed E-state index contributed by atoms with van der Waals surface area (Å²) in [4.78, 5) is 0. The Hall–Kier alpha value is -0.520. The highest BCUT2D eigenvalue weighted by molar-refractivity contribution is 4.86. The third kappa shape index (κ3) is 9.57. The molecule has 1 atom stereocenters. The normalized spacial score (nSPS) is 12.4. The average molecular weight is 197 g/mol. The van der Waals surface area contributed by atoms with Crippen molar-refractivity contribution in [1.82, 2.24) is 5.32 Å². The van der Waals surface area contributed by atoms with Crippen molar-refractivity contribution in [2.45, 2.75) is 45.6 Å². The Morgan fingerprint density at radius 1 is 1.36 bits per heavy atom. The highest BCUT2D eigenvalue weighted by atomic mass is 16.5. The van der Waals surface area contributed by atoms with E-state index in [2.05, 4.69) is 25.1 Å². The molecule has 2 nitrogen and oxygen atoms in total. The molecule has 0 bridgehead atoms. The Balaban J connectivity index is 3.10. The second-order valence-corrected chi connectivity index (χ2v) is 3.58. The number of hydrogen-bond acceptors (Lipinski definition) is 2. The summed E-state index contributed by atoms with van der Waals surface area (Å²) in [5.74, 6) is 2.54. The molecule has 2 heteroatoms. The van der Waals surface area contributed by atoms with Crippen LogP contribution >= 0.6 is 0 Å². The predicted octanol–water partition coefficient (Wildman–Crippen LogP) is 2.19. The van der Waals surface area contributed by atoms with Crippen LogP contribution < -0.4 is 5.32 Å². The third-order valence-electron chi connectivity index (χ3n) is 2.06. The molecule has 0 aliphatic rings. The van der Waals surface area contributed by atoms with Gasteiger partial charge in [0.15, 0.2) is 0 Å². The van der Waals surface area contributed by atoms with E-state index in [0.717, 1.165) is 13.2 Å². The second kappa shape index (κ2) is 10.6. The number of nitrogens with one attached hydrogen (secondary N) is 1. The molecular formula is C12H23NO. The van der Waals surface area contributed by atoms with Crippen LogP contribution in [-0.2, 0) is 4.74 Å². The van der Waals surface area contributed by atoms with Gasteiger partial charge in [-0.05, 0) is 13.3 Å². The maximum absolute atomic E-state index is 5.60. The Morgan fingerprint density at radius 3 is 2.79 bits per heavy atom. The monoisotopic (exact) mass is 197 g/mol. The van der Waals surface area contributed by atoms with Gasteiger partial charge in [-0.1, -0.05) is 32.1 Å². The van der Waals surface area contributed by atoms with E-state index in [1.807, 2.05) is 0 Å². The number of hydrogen-bond donors (Lipinski definition) is 1. The van der Waals surface area contributed by atoms with Gasteiger partial charge in [0, 0.05) is 13.2 Å². The molecule has 0 fully saturated rings. The summed E-state index contributed by atoms with van der Waals surface area (Å²) in [6, 6.07) is 0. The van der Waals surface area contributed by atoms with Gasteiger partial charge in [0.05, 0.1) is 12.6 Å². The lowest BCUT2D eigenvalue weighted by atomic mass is 10.2. The van der Waals surface area contributed by atoms with E-state index in [1.54, 1.807) is 0 Å². The summed E-state index contributed by atoms with van der Waals surface area (Å²) in [5, 5.41) is 3.13. The van der Waals surface area contributed by atoms with Gasteiger partial charge in [-0.15, -0.1) is 6.42 Å². The molecule has 0 aliphatic carbocycles. The van der Waals surface area contributed by atoms with Gasteiger partial charge in [0.1, 0.15) is 0 Å². The molecular weight excluding hydrogens is 174 g/mol. The van der Waals surface area contributed by atoms with Crippen molar-refractivity contribution in [3.63, 3.8) is 0 Å². The van der Waals surface area contributed by atoms with Crippen molar-refractivity contribution >= 4 is 0 Å². The molecule has 0 aromatic heterocycles. The molecule has 0 aromatic rings. The van der Waals surface area contributed by atoms with Gasteiger partial charge >= 0.3 is 0 Å². The molecule has 0 saturated heterocycles. The summed E-state index contributed by atoms with van der Waals surface area (Å²) in [5.41, 5.74) is 0. The fraction of sp³-hybridized carbons (Fsp3) is 0.833. The van der Waals surface area contributed by atoms with Crippen molar-refractivity contribution in [2.75, 3.05) is 19.7 Å². The molecule has 0 aromatic carbocycles. The maximum atomic E-state index is 5.60. The summed E-state index contributed by atoms with van der Waals surface area (Å²) < 4.78 is 5.60. The third-order valence-corrected chi connectivity index (χ3v) is 2.06. The van der Waals surface area contributed by atoms with E-state index >= 15 is 0 Å². The van der Waals surface area contributed by atoms with E-state index in [4.69, 9.17) is 11.2 Å². The molecule has 0 saturated carbocycles. The van der Waals surface area contributed by atoms with E-state index in [9.17, 15) is 0 Å². The van der Waals surface area contributed by atoms with Crippen LogP contribution in [0.2, 0.25) is 0 Å². The van der Waals surface area contributed by atoms with E-state index in [0.29, 0.717) is 6.54 Å². The largest absolute Gasteiger partial charge is 0.377 e. The van der Waals surface area contributed by atoms with Gasteiger partial charge in [-0.25, -0.2) is 0 Å². The lowest BCUT2D eigenvalue weighted by Gasteiger charge is -2.12. The summed E-state index contributed by atoms with van der Waals surface area (Å²) in [7, 11) is 0. The molecule has 14 heavy (non-hydrogen) atoms. The van der Waals surface area contributed by atoms with Gasteiger partial charge in [-0.3, -0.25) is 0 Å². The molecule has 1 unspecified atom stereocenters. The standard InChI is InChI=1S/C12H23NO/c1-4-6-7-8-10-14-12(3)11-13-9-5-2/h2,12-13H,4,6-11H2,1,3H3. The van der Waals surface area contributed by atoms with Crippen molar-refractivity contribution in [3.8, 4) is 12.3 Å². The molecule has 0 amide bonds. The minimum Gasteiger partial charge on any atom is -0.377 e. The Morgan fingerprint density at radius 2 is 2.14 bits per heavy atom. The Bertz CT molecular complexity index is 151. The highest BCUT2D eigenvalue weighted by Gasteiger charge is 1.99. The lowest BCUT2D eigenvalue weighted by Crippen LogP contribution is -2.27. The van der Waals surface area contributed by atoms with Gasteiger partial charge in [-0.2, -0.15) is 0 Å². The zero-order chi connectivity index (χ0) is 10.6. The fourth-order valence-corrected chi connectivity index (χ4v) is 1.22. The SMILES string of the molecule is C#CCNCC(C)OCCCCCC. The predicted molar refractivity (Wildman–Crippen MR) is 61.3 cm³/mol. The quantitative estimate of drug-likeness (QED) is 0.452. The molecule has 0 heterocycles. The summed E-state index contributed by atoms with van der Waals surface area (Å²) in [6.07, 6.45) is 10.4. The number of ether oxygens (including phenoxy) is 1. The van der Waals surface area contributed by atoms with Gasteiger partial charge in [0.2, 0.25) is 0 Å². The Labute approximate surface area is 88.4 Å². The summed E-state index contributed by atoms with van der Waals surface area (Å²) >= 11 is 0. The topological polar surface area (TPSA) is 21.3 Å². The van der Waals surface area contributed by atoms with Crippen molar-refractivity contribution in [1.29, 1.82) is 0 Å². The summed E-state index contributed by atoms with van der Waals surface area (Å²) in [6.45, 7) is 6.64. The molecule has 0 radical (unpaired) electrons. The van der Waals surface area contributed by atoms with Gasteiger partial charge in [0.25, 0.3) is 0 Å². The van der Waals surface area contributed by atoms with Crippen LogP contribution in [0, 0.1) is 12.3 Å². The van der Waals surface area contributed by atoms with E-state index < -0.39 is 0 Å². The van der Waals surface area contributed by atoms with Crippen molar-refractivity contribution < 1.29 is 4.74 Å². The van der Waals surface area contributed by atoms with Crippen LogP contribution in [-0.4, -0.2) is 25.8 Å². The van der Waals surface area contributed by atoms with Crippen molar-refractivity contribution in [2.24, 2.45) is 0 Å². The minimum atomic E-state index is 0.268. The van der Waals surface area contributed by atoms with Crippen LogP contribution in [0.4, 0.5) is 0 Å². The minimum absolute atomic E-state index is 0.268. The number of rotatable bonds is 9. The number of unbranched alkanes of at least 4 members (excludes halogenated alkanes) is 3. The van der Waals surface area contributed by atoms with Gasteiger partial charge < -0.3 is 10.1 Å². The van der Waals surface area contributed by atoms with Crippen LogP contribution in [0.15, 0.2) is 0 Å². The first-order valence-electron chi connectivity index (χ1n) is 5.57. The maximum Gasteiger partial charge on any atom is 0.0671 e. The van der Waals surface area contributed by atoms with Crippen molar-refractivity contribution in [3.05, 3.63) is 0 Å². The number of terminal acetylenes is 1. The molecule has 1 N–H and O–H groups in total. The Kier molecular flexibility index (Phi) is 10.2. The fourth-order valence-electron chi connectivity index (χ4n) is 1.22. The van der Waals surface area contributed by atoms with E-state index in [1.165, 1.54) is 25.7 Å². The first-order chi connectivity index (χ1) is 6.81. The van der Waals surface area contributed by atoms with Crippen LogP contribution in [0.25, 0.3) is 0 Å². The molecule has 0 rings (SSSR count). The zero-order valence-corrected chi connectivity index (χ0v) is 9.51. The zero-order valence-electron chi connectivity index (χ0n) is 9.51. The van der Waals surface area contributed by atoms with Crippen LogP contribution in [0.3, 0.4) is 0 Å². The van der Waals surface area contributed by atoms with Crippen LogP contribution in [0.5, 0.6) is 0 Å². The van der Waals surface area contributed by atoms with E-state index in [-0.39, 0.29) is 6.10 Å². The second-order valence-electron chi connectivity index (χ2n) is 3.58. The molecule has 0 spiro atoms. The smallest absolute Gasteiger partial charge is 0.0671 e. The molecule has 82 valence electrons. The molecule has 0 aliphatic heterocycles.